The molecule has 0 radical (unpaired) electrons. The van der Waals surface area contributed by atoms with Crippen molar-refractivity contribution in [3.63, 3.8) is 0 Å². The maximum atomic E-state index is 12.3. The van der Waals surface area contributed by atoms with E-state index in [1.807, 2.05) is 24.1 Å². The van der Waals surface area contributed by atoms with Crippen LogP contribution in [0.15, 0.2) is 24.3 Å². The summed E-state index contributed by atoms with van der Waals surface area (Å²) >= 11 is 0. The van der Waals surface area contributed by atoms with Crippen LogP contribution in [0.1, 0.15) is 51.0 Å². The Labute approximate surface area is 158 Å². The predicted octanol–water partition coefficient (Wildman–Crippen LogP) is 3.85. The minimum Gasteiger partial charge on any atom is -0.493 e. The SMILES string of the molecule is CNCCC1CCN(C(=O)CCOc2ccc(C(C)C)cc2)CC1.Cl. The fourth-order valence-corrected chi connectivity index (χ4v) is 3.18. The highest BCUT2D eigenvalue weighted by Gasteiger charge is 2.22. The number of carbonyl (C=O) groups excluding carboxylic acids is 1. The van der Waals surface area contributed by atoms with E-state index in [1.54, 1.807) is 0 Å². The third-order valence-electron chi connectivity index (χ3n) is 4.90. The van der Waals surface area contributed by atoms with Crippen LogP contribution in [0.3, 0.4) is 0 Å². The first-order valence-electron chi connectivity index (χ1n) is 9.25. The Hall–Kier alpha value is -1.26. The van der Waals surface area contributed by atoms with E-state index in [0.29, 0.717) is 18.9 Å². The van der Waals surface area contributed by atoms with E-state index in [-0.39, 0.29) is 18.3 Å². The molecule has 4 nitrogen and oxygen atoms in total. The molecule has 1 N–H and O–H groups in total. The van der Waals surface area contributed by atoms with E-state index in [9.17, 15) is 4.79 Å². The van der Waals surface area contributed by atoms with Crippen LogP contribution < -0.4 is 10.1 Å². The maximum absolute atomic E-state index is 12.3. The van der Waals surface area contributed by atoms with Gasteiger partial charge in [-0.05, 0) is 62.4 Å². The van der Waals surface area contributed by atoms with Gasteiger partial charge in [0.15, 0.2) is 0 Å². The molecule has 1 amide bonds. The van der Waals surface area contributed by atoms with Crippen LogP contribution in [0.2, 0.25) is 0 Å². The molecule has 0 saturated carbocycles. The molecule has 142 valence electrons. The lowest BCUT2D eigenvalue weighted by Gasteiger charge is -2.32. The summed E-state index contributed by atoms with van der Waals surface area (Å²) in [4.78, 5) is 14.3. The summed E-state index contributed by atoms with van der Waals surface area (Å²) in [6.07, 6.45) is 3.94. The quantitative estimate of drug-likeness (QED) is 0.757. The van der Waals surface area contributed by atoms with Crippen LogP contribution in [0.4, 0.5) is 0 Å². The van der Waals surface area contributed by atoms with Gasteiger partial charge in [-0.25, -0.2) is 0 Å². The highest BCUT2D eigenvalue weighted by Crippen LogP contribution is 2.21. The minimum atomic E-state index is 0. The van der Waals surface area contributed by atoms with Crippen molar-refractivity contribution in [2.45, 2.75) is 45.4 Å². The zero-order valence-electron chi connectivity index (χ0n) is 15.8. The topological polar surface area (TPSA) is 41.6 Å². The van der Waals surface area contributed by atoms with Gasteiger partial charge in [0.1, 0.15) is 5.75 Å². The second-order valence-corrected chi connectivity index (χ2v) is 7.04. The first-order chi connectivity index (χ1) is 11.6. The standard InChI is InChI=1S/C20H32N2O2.ClH/c1-16(2)18-4-6-19(7-5-18)24-15-11-20(23)22-13-9-17(10-14-22)8-12-21-3;/h4-7,16-17,21H,8-15H2,1-3H3;1H. The number of amides is 1. The summed E-state index contributed by atoms with van der Waals surface area (Å²) in [5, 5.41) is 3.20. The molecule has 1 fully saturated rings. The third kappa shape index (κ3) is 7.25. The molecule has 1 aromatic carbocycles. The average Bonchev–Trinajstić information content (AvgIpc) is 2.60. The molecule has 0 aliphatic carbocycles. The molecule has 1 aliphatic rings. The minimum absolute atomic E-state index is 0. The molecule has 1 aliphatic heterocycles. The number of hydrogen-bond acceptors (Lipinski definition) is 3. The van der Waals surface area contributed by atoms with Crippen molar-refractivity contribution in [1.82, 2.24) is 10.2 Å². The van der Waals surface area contributed by atoms with E-state index in [0.717, 1.165) is 44.1 Å². The second-order valence-electron chi connectivity index (χ2n) is 7.04. The zero-order chi connectivity index (χ0) is 17.4. The van der Waals surface area contributed by atoms with Gasteiger partial charge in [0.25, 0.3) is 0 Å². The maximum Gasteiger partial charge on any atom is 0.225 e. The van der Waals surface area contributed by atoms with Gasteiger partial charge in [0.05, 0.1) is 13.0 Å². The summed E-state index contributed by atoms with van der Waals surface area (Å²) < 4.78 is 5.72. The van der Waals surface area contributed by atoms with E-state index >= 15 is 0 Å². The number of halogens is 1. The van der Waals surface area contributed by atoms with E-state index in [4.69, 9.17) is 4.74 Å². The van der Waals surface area contributed by atoms with E-state index in [1.165, 1.54) is 12.0 Å². The molecule has 2 rings (SSSR count). The summed E-state index contributed by atoms with van der Waals surface area (Å²) in [6.45, 7) is 7.68. The van der Waals surface area contributed by atoms with Crippen LogP contribution in [-0.4, -0.2) is 44.1 Å². The smallest absolute Gasteiger partial charge is 0.225 e. The molecule has 5 heteroatoms. The van der Waals surface area contributed by atoms with Crippen molar-refractivity contribution in [2.24, 2.45) is 5.92 Å². The van der Waals surface area contributed by atoms with Crippen molar-refractivity contribution < 1.29 is 9.53 Å². The van der Waals surface area contributed by atoms with Gasteiger partial charge in [-0.3, -0.25) is 4.79 Å². The number of nitrogens with zero attached hydrogens (tertiary/aromatic N) is 1. The van der Waals surface area contributed by atoms with Gasteiger partial charge in [-0.1, -0.05) is 26.0 Å². The fourth-order valence-electron chi connectivity index (χ4n) is 3.18. The van der Waals surface area contributed by atoms with Crippen LogP contribution in [-0.2, 0) is 4.79 Å². The van der Waals surface area contributed by atoms with Gasteiger partial charge >= 0.3 is 0 Å². The van der Waals surface area contributed by atoms with Crippen LogP contribution >= 0.6 is 12.4 Å². The number of benzene rings is 1. The Morgan fingerprint density at radius 2 is 1.88 bits per heavy atom. The van der Waals surface area contributed by atoms with Gasteiger partial charge in [-0.15, -0.1) is 12.4 Å². The Bertz CT molecular complexity index is 497. The number of nitrogens with one attached hydrogen (secondary N) is 1. The summed E-state index contributed by atoms with van der Waals surface area (Å²) in [6, 6.07) is 8.18. The predicted molar refractivity (Wildman–Crippen MR) is 106 cm³/mol. The van der Waals surface area contributed by atoms with Crippen LogP contribution in [0.25, 0.3) is 0 Å². The lowest BCUT2D eigenvalue weighted by Crippen LogP contribution is -2.39. The highest BCUT2D eigenvalue weighted by molar-refractivity contribution is 5.85. The van der Waals surface area contributed by atoms with Crippen molar-refractivity contribution in [2.75, 3.05) is 33.3 Å². The molecule has 0 atom stereocenters. The number of ether oxygens (including phenoxy) is 1. The second kappa shape index (κ2) is 11.4. The van der Waals surface area contributed by atoms with E-state index < -0.39 is 0 Å². The van der Waals surface area contributed by atoms with Crippen molar-refractivity contribution in [3.05, 3.63) is 29.8 Å². The Kier molecular flexibility index (Phi) is 9.91. The van der Waals surface area contributed by atoms with Crippen molar-refractivity contribution in [1.29, 1.82) is 0 Å². The molecule has 0 spiro atoms. The summed E-state index contributed by atoms with van der Waals surface area (Å²) in [5.41, 5.74) is 1.31. The Balaban J connectivity index is 0.00000312. The molecule has 1 saturated heterocycles. The first kappa shape index (κ1) is 21.8. The highest BCUT2D eigenvalue weighted by atomic mass is 35.5. The number of likely N-dealkylation sites (tertiary alicyclic amines) is 1. The summed E-state index contributed by atoms with van der Waals surface area (Å²) in [5.74, 6) is 2.35. The van der Waals surface area contributed by atoms with Crippen molar-refractivity contribution in [3.8, 4) is 5.75 Å². The number of hydrogen-bond donors (Lipinski definition) is 1. The zero-order valence-corrected chi connectivity index (χ0v) is 16.6. The monoisotopic (exact) mass is 368 g/mol. The van der Waals surface area contributed by atoms with E-state index in [2.05, 4.69) is 31.3 Å². The van der Waals surface area contributed by atoms with Gasteiger partial charge < -0.3 is 15.0 Å². The largest absolute Gasteiger partial charge is 0.493 e. The molecule has 25 heavy (non-hydrogen) atoms. The third-order valence-corrected chi connectivity index (χ3v) is 4.90. The van der Waals surface area contributed by atoms with Gasteiger partial charge in [-0.2, -0.15) is 0 Å². The number of rotatable bonds is 8. The Morgan fingerprint density at radius 3 is 2.44 bits per heavy atom. The number of carbonyl (C=O) groups is 1. The molecule has 0 unspecified atom stereocenters. The fraction of sp³-hybridized carbons (Fsp3) is 0.650. The molecule has 0 bridgehead atoms. The molecular weight excluding hydrogens is 336 g/mol. The summed E-state index contributed by atoms with van der Waals surface area (Å²) in [7, 11) is 2.00. The van der Waals surface area contributed by atoms with Crippen molar-refractivity contribution >= 4 is 18.3 Å². The lowest BCUT2D eigenvalue weighted by molar-refractivity contribution is -0.133. The first-order valence-corrected chi connectivity index (χ1v) is 9.25. The average molecular weight is 369 g/mol. The van der Waals surface area contributed by atoms with Gasteiger partial charge in [0.2, 0.25) is 5.91 Å². The normalized spacial score (nSPS) is 15.1. The van der Waals surface area contributed by atoms with Crippen LogP contribution in [0, 0.1) is 5.92 Å². The molecule has 1 aromatic rings. The number of piperidine rings is 1. The molecule has 1 heterocycles. The lowest BCUT2D eigenvalue weighted by atomic mass is 9.93. The molecule has 0 aromatic heterocycles. The van der Waals surface area contributed by atoms with Crippen LogP contribution in [0.5, 0.6) is 5.75 Å². The Morgan fingerprint density at radius 1 is 1.24 bits per heavy atom. The van der Waals surface area contributed by atoms with Gasteiger partial charge in [0, 0.05) is 13.1 Å². The molecular formula is C20H33ClN2O2.